The second kappa shape index (κ2) is 11.7. The highest BCUT2D eigenvalue weighted by atomic mass is 16.5. The van der Waals surface area contributed by atoms with Crippen LogP contribution in [0, 0.1) is 6.92 Å². The Kier molecular flexibility index (Phi) is 10.5. The lowest BCUT2D eigenvalue weighted by Gasteiger charge is -2.32. The molecule has 0 saturated heterocycles. The van der Waals surface area contributed by atoms with Gasteiger partial charge in [0.25, 0.3) is 0 Å². The summed E-state index contributed by atoms with van der Waals surface area (Å²) < 4.78 is 5.98. The summed E-state index contributed by atoms with van der Waals surface area (Å²) >= 11 is 0. The number of hydrogen-bond donors (Lipinski definition) is 1. The Bertz CT molecular complexity index is 766. The fourth-order valence-electron chi connectivity index (χ4n) is 2.74. The average Bonchev–Trinajstić information content (AvgIpc) is 2.72. The van der Waals surface area contributed by atoms with Gasteiger partial charge in [0.05, 0.1) is 0 Å². The van der Waals surface area contributed by atoms with Gasteiger partial charge in [-0.15, -0.1) is 0 Å². The van der Waals surface area contributed by atoms with E-state index in [1.807, 2.05) is 33.5 Å². The van der Waals surface area contributed by atoms with Gasteiger partial charge >= 0.3 is 0 Å². The van der Waals surface area contributed by atoms with Crippen molar-refractivity contribution in [3.63, 3.8) is 0 Å². The Hall–Kier alpha value is -2.95. The van der Waals surface area contributed by atoms with Gasteiger partial charge in [0, 0.05) is 25.6 Å². The van der Waals surface area contributed by atoms with Crippen LogP contribution in [0.3, 0.4) is 0 Å². The number of nitrogens with zero attached hydrogens (tertiary/aromatic N) is 1. The van der Waals surface area contributed by atoms with Crippen LogP contribution >= 0.6 is 0 Å². The maximum Gasteiger partial charge on any atom is 0.180 e. The van der Waals surface area contributed by atoms with Gasteiger partial charge in [0.2, 0.25) is 0 Å². The van der Waals surface area contributed by atoms with E-state index in [9.17, 15) is 0 Å². The van der Waals surface area contributed by atoms with Crippen LogP contribution in [0.2, 0.25) is 0 Å². The molecule has 152 valence electrons. The molecular formula is C23H32N2O3. The molecule has 5 heteroatoms. The summed E-state index contributed by atoms with van der Waals surface area (Å²) in [6.45, 7) is 14.3. The van der Waals surface area contributed by atoms with E-state index in [1.54, 1.807) is 7.05 Å². The van der Waals surface area contributed by atoms with Gasteiger partial charge in [-0.2, -0.15) is 0 Å². The molecule has 1 unspecified atom stereocenters. The molecule has 2 N–H and O–H groups in total. The zero-order chi connectivity index (χ0) is 21.9. The Morgan fingerprint density at radius 3 is 2.00 bits per heavy atom. The third kappa shape index (κ3) is 6.65. The maximum absolute atomic E-state index is 8.00. The van der Waals surface area contributed by atoms with E-state index in [4.69, 9.17) is 20.1 Å². The van der Waals surface area contributed by atoms with Crippen LogP contribution in [0.15, 0.2) is 47.5 Å². The second-order valence-electron chi connectivity index (χ2n) is 6.86. The van der Waals surface area contributed by atoms with Gasteiger partial charge < -0.3 is 20.1 Å². The van der Waals surface area contributed by atoms with Crippen LogP contribution in [0.25, 0.3) is 11.1 Å². The zero-order valence-electron chi connectivity index (χ0n) is 17.8. The van der Waals surface area contributed by atoms with E-state index >= 15 is 0 Å². The molecule has 0 aliphatic heterocycles. The lowest BCUT2D eigenvalue weighted by atomic mass is 9.85. The molecule has 0 fully saturated rings. The van der Waals surface area contributed by atoms with E-state index in [-0.39, 0.29) is 11.5 Å². The molecule has 0 saturated carbocycles. The number of aryl methyl sites for hydroxylation is 1. The number of anilines is 1. The van der Waals surface area contributed by atoms with Crippen molar-refractivity contribution in [2.24, 2.45) is 4.99 Å². The van der Waals surface area contributed by atoms with Crippen molar-refractivity contribution in [3.05, 3.63) is 53.6 Å². The van der Waals surface area contributed by atoms with Crippen LogP contribution in [0.1, 0.15) is 44.7 Å². The first kappa shape index (κ1) is 25.1. The molecule has 0 aliphatic carbocycles. The van der Waals surface area contributed by atoms with Gasteiger partial charge in [0.1, 0.15) is 19.2 Å². The van der Waals surface area contributed by atoms with Gasteiger partial charge in [0.15, 0.2) is 5.90 Å². The minimum absolute atomic E-state index is 0.247. The summed E-state index contributed by atoms with van der Waals surface area (Å²) in [4.78, 5) is 20.1. The third-order valence-corrected chi connectivity index (χ3v) is 4.78. The summed E-state index contributed by atoms with van der Waals surface area (Å²) in [5.74, 6) is 0.956. The minimum atomic E-state index is -0.317. The topological polar surface area (TPSA) is 81.8 Å². The highest BCUT2D eigenvalue weighted by Crippen LogP contribution is 2.32. The molecule has 2 aromatic rings. The predicted molar refractivity (Wildman–Crippen MR) is 118 cm³/mol. The highest BCUT2D eigenvalue weighted by Gasteiger charge is 2.29. The molecule has 5 nitrogen and oxygen atoms in total. The number of aliphatic imine (C=N–C) groups is 1. The first-order chi connectivity index (χ1) is 13.2. The SMILES string of the molecule is C=O.C=O.CN=C(C)OC(C)(C)C(C)c1ccc(-c2ccc(N)c(C)c2)cc1. The number of rotatable bonds is 4. The van der Waals surface area contributed by atoms with Gasteiger partial charge in [-0.3, -0.25) is 4.99 Å². The molecule has 1 atom stereocenters. The first-order valence-electron chi connectivity index (χ1n) is 8.91. The summed E-state index contributed by atoms with van der Waals surface area (Å²) in [6.07, 6.45) is 0. The molecule has 0 amide bonds. The summed E-state index contributed by atoms with van der Waals surface area (Å²) in [5.41, 5.74) is 11.2. The average molecular weight is 385 g/mol. The number of hydrogen-bond acceptors (Lipinski definition) is 5. The Balaban J connectivity index is 0.00000171. The molecular weight excluding hydrogens is 352 g/mol. The lowest BCUT2D eigenvalue weighted by Crippen LogP contribution is -2.33. The molecule has 28 heavy (non-hydrogen) atoms. The van der Waals surface area contributed by atoms with Gasteiger partial charge in [-0.1, -0.05) is 37.3 Å². The predicted octanol–water partition coefficient (Wildman–Crippen LogP) is 4.82. The van der Waals surface area contributed by atoms with E-state index in [2.05, 4.69) is 62.2 Å². The molecule has 0 aliphatic rings. The Morgan fingerprint density at radius 1 is 1.04 bits per heavy atom. The van der Waals surface area contributed by atoms with Crippen LogP contribution in [-0.4, -0.2) is 32.1 Å². The Labute approximate surface area is 168 Å². The number of ether oxygens (including phenoxy) is 1. The van der Waals surface area contributed by atoms with Crippen molar-refractivity contribution in [3.8, 4) is 11.1 Å². The summed E-state index contributed by atoms with van der Waals surface area (Å²) in [7, 11) is 1.75. The van der Waals surface area contributed by atoms with Crippen molar-refractivity contribution < 1.29 is 14.3 Å². The number of benzene rings is 2. The van der Waals surface area contributed by atoms with E-state index in [0.717, 1.165) is 11.3 Å². The fourth-order valence-corrected chi connectivity index (χ4v) is 2.74. The van der Waals surface area contributed by atoms with Crippen molar-refractivity contribution >= 4 is 25.2 Å². The second-order valence-corrected chi connectivity index (χ2v) is 6.86. The maximum atomic E-state index is 8.00. The third-order valence-electron chi connectivity index (χ3n) is 4.78. The van der Waals surface area contributed by atoms with Crippen molar-refractivity contribution in [1.29, 1.82) is 0 Å². The van der Waals surface area contributed by atoms with Crippen LogP contribution in [0.4, 0.5) is 5.69 Å². The van der Waals surface area contributed by atoms with Crippen molar-refractivity contribution in [1.82, 2.24) is 0 Å². The summed E-state index contributed by atoms with van der Waals surface area (Å²) in [6, 6.07) is 14.8. The largest absolute Gasteiger partial charge is 0.475 e. The monoisotopic (exact) mass is 384 g/mol. The van der Waals surface area contributed by atoms with Crippen molar-refractivity contribution in [2.75, 3.05) is 12.8 Å². The zero-order valence-corrected chi connectivity index (χ0v) is 17.8. The molecule has 2 rings (SSSR count). The minimum Gasteiger partial charge on any atom is -0.475 e. The molecule has 0 heterocycles. The van der Waals surface area contributed by atoms with E-state index in [0.29, 0.717) is 5.90 Å². The number of nitrogen functional groups attached to an aromatic ring is 1. The van der Waals surface area contributed by atoms with Crippen LogP contribution in [-0.2, 0) is 14.3 Å². The normalized spacial score (nSPS) is 12.0. The number of carbonyl (C=O) groups excluding carboxylic acids is 2. The molecule has 2 aromatic carbocycles. The molecule has 0 aromatic heterocycles. The number of carbonyl (C=O) groups is 2. The molecule has 0 bridgehead atoms. The lowest BCUT2D eigenvalue weighted by molar-refractivity contribution is -0.0987. The van der Waals surface area contributed by atoms with E-state index < -0.39 is 0 Å². The Morgan fingerprint density at radius 2 is 1.54 bits per heavy atom. The number of nitrogens with two attached hydrogens (primary N) is 1. The summed E-state index contributed by atoms with van der Waals surface area (Å²) in [5, 5.41) is 0. The van der Waals surface area contributed by atoms with Crippen LogP contribution < -0.4 is 5.73 Å². The first-order valence-corrected chi connectivity index (χ1v) is 8.91. The highest BCUT2D eigenvalue weighted by molar-refractivity contribution is 5.73. The standard InChI is InChI=1S/C21H28N2O.2CH2O/c1-14-13-19(11-12-20(14)22)18-9-7-17(8-10-18)15(2)21(4,5)24-16(3)23-6;2*1-2/h7-13,15H,22H2,1-6H3;2*1H2. The van der Waals surface area contributed by atoms with Gasteiger partial charge in [-0.25, -0.2) is 0 Å². The molecule has 0 radical (unpaired) electrons. The van der Waals surface area contributed by atoms with Crippen molar-refractivity contribution in [2.45, 2.75) is 46.1 Å². The molecule has 0 spiro atoms. The van der Waals surface area contributed by atoms with E-state index in [1.165, 1.54) is 16.7 Å². The van der Waals surface area contributed by atoms with Gasteiger partial charge in [-0.05, 0) is 55.2 Å². The fraction of sp³-hybridized carbons (Fsp3) is 0.348. The quantitative estimate of drug-likeness (QED) is 0.465. The van der Waals surface area contributed by atoms with Crippen LogP contribution in [0.5, 0.6) is 0 Å². The smallest absolute Gasteiger partial charge is 0.180 e.